The second-order valence-corrected chi connectivity index (χ2v) is 14.5. The molecule has 0 bridgehead atoms. The molecule has 1 unspecified atom stereocenters. The van der Waals surface area contributed by atoms with E-state index in [1.807, 2.05) is 12.3 Å². The summed E-state index contributed by atoms with van der Waals surface area (Å²) in [7, 11) is 0. The zero-order valence-electron chi connectivity index (χ0n) is 30.0. The van der Waals surface area contributed by atoms with Gasteiger partial charge >= 0.3 is 21.1 Å². The summed E-state index contributed by atoms with van der Waals surface area (Å²) in [5.41, 5.74) is 10.4. The van der Waals surface area contributed by atoms with Gasteiger partial charge in [-0.1, -0.05) is 76.9 Å². The van der Waals surface area contributed by atoms with Gasteiger partial charge in [-0.3, -0.25) is 4.68 Å². The van der Waals surface area contributed by atoms with Gasteiger partial charge in [-0.2, -0.15) is 11.2 Å². The Balaban J connectivity index is 0.00000417. The normalized spacial score (nSPS) is 17.9. The summed E-state index contributed by atoms with van der Waals surface area (Å²) in [6, 6.07) is 28.4. The van der Waals surface area contributed by atoms with E-state index in [2.05, 4.69) is 144 Å². The van der Waals surface area contributed by atoms with Crippen molar-refractivity contribution in [2.45, 2.75) is 86.5 Å². The molecule has 0 aliphatic heterocycles. The number of para-hydroxylation sites is 1. The van der Waals surface area contributed by atoms with Gasteiger partial charge in [-0.25, -0.2) is 4.98 Å². The van der Waals surface area contributed by atoms with Crippen molar-refractivity contribution in [1.29, 1.82) is 0 Å². The van der Waals surface area contributed by atoms with E-state index < -0.39 is 0 Å². The van der Waals surface area contributed by atoms with Crippen molar-refractivity contribution in [3.05, 3.63) is 119 Å². The molecule has 5 nitrogen and oxygen atoms in total. The Labute approximate surface area is 305 Å². The number of rotatable bonds is 7. The maximum atomic E-state index is 6.63. The number of hydrogen-bond acceptors (Lipinski definition) is 3. The minimum Gasteiger partial charge on any atom is -0.509 e. The largest absolute Gasteiger partial charge is 2.00 e. The fourth-order valence-corrected chi connectivity index (χ4v) is 7.90. The summed E-state index contributed by atoms with van der Waals surface area (Å²) >= 11 is 0. The average Bonchev–Trinajstić information content (AvgIpc) is 3.53. The van der Waals surface area contributed by atoms with Crippen LogP contribution in [0.4, 0.5) is 0 Å². The van der Waals surface area contributed by atoms with Gasteiger partial charge in [0.25, 0.3) is 0 Å². The molecular weight excluding hydrogens is 784 g/mol. The van der Waals surface area contributed by atoms with Gasteiger partial charge in [0, 0.05) is 40.4 Å². The van der Waals surface area contributed by atoms with Crippen LogP contribution >= 0.6 is 0 Å². The Morgan fingerprint density at radius 1 is 0.837 bits per heavy atom. The zero-order valence-corrected chi connectivity index (χ0v) is 32.3. The molecule has 3 aromatic carbocycles. The van der Waals surface area contributed by atoms with Crippen LogP contribution in [-0.4, -0.2) is 19.3 Å². The number of hydrogen-bond donors (Lipinski definition) is 0. The number of pyridine rings is 1. The number of aromatic nitrogens is 4. The molecule has 1 aliphatic rings. The first kappa shape index (κ1) is 34.9. The summed E-state index contributed by atoms with van der Waals surface area (Å²) in [6.07, 6.45) is 5.54. The van der Waals surface area contributed by atoms with Gasteiger partial charge in [0.15, 0.2) is 0 Å². The van der Waals surface area contributed by atoms with Gasteiger partial charge in [-0.15, -0.1) is 41.3 Å². The van der Waals surface area contributed by atoms with E-state index in [1.165, 1.54) is 34.4 Å². The monoisotopic (exact) mass is 829 g/mol. The predicted octanol–water partition coefficient (Wildman–Crippen LogP) is 11.3. The van der Waals surface area contributed by atoms with Crippen LogP contribution in [0.1, 0.15) is 101 Å². The van der Waals surface area contributed by atoms with E-state index >= 15 is 0 Å². The fraction of sp³-hybridized carbons (Fsp3) is 0.349. The third-order valence-electron chi connectivity index (χ3n) is 10.2. The average molecular weight is 830 g/mol. The first-order valence-corrected chi connectivity index (χ1v) is 17.4. The third-order valence-corrected chi connectivity index (χ3v) is 10.2. The second-order valence-electron chi connectivity index (χ2n) is 14.5. The molecular formula is C43H46N4OPt. The van der Waals surface area contributed by atoms with Crippen molar-refractivity contribution in [2.24, 2.45) is 11.8 Å². The van der Waals surface area contributed by atoms with Crippen LogP contribution in [0.3, 0.4) is 0 Å². The van der Waals surface area contributed by atoms with Crippen LogP contribution < -0.4 is 4.74 Å². The summed E-state index contributed by atoms with van der Waals surface area (Å²) in [6.45, 7) is 20.2. The first-order chi connectivity index (χ1) is 23.0. The number of fused-ring (bicyclic) bond motifs is 3. The Morgan fingerprint density at radius 2 is 1.59 bits per heavy atom. The Hall–Kier alpha value is -3.95. The maximum absolute atomic E-state index is 6.63. The molecule has 0 saturated carbocycles. The SMILES string of the molecule is CC1=C[C@H](C)C[C@H](C)C1c1c(C)nn(-c2[c-]c(Oc3[c-]c4c(cc3)c3ccccc3n4-c3cc(C(C)C)ccn3)cc(C(C)C)c2)c1C.[Pt+2]. The molecule has 0 radical (unpaired) electrons. The van der Waals surface area contributed by atoms with Crippen molar-refractivity contribution < 1.29 is 25.8 Å². The Bertz CT molecular complexity index is 2190. The van der Waals surface area contributed by atoms with Gasteiger partial charge in [0.1, 0.15) is 5.82 Å². The molecule has 3 atom stereocenters. The minimum atomic E-state index is 0. The van der Waals surface area contributed by atoms with E-state index in [-0.39, 0.29) is 21.1 Å². The molecule has 0 saturated heterocycles. The van der Waals surface area contributed by atoms with Crippen LogP contribution in [0, 0.1) is 37.8 Å². The molecule has 3 heterocycles. The summed E-state index contributed by atoms with van der Waals surface area (Å²) < 4.78 is 10.9. The Morgan fingerprint density at radius 3 is 2.33 bits per heavy atom. The van der Waals surface area contributed by atoms with E-state index in [0.717, 1.165) is 39.0 Å². The molecule has 1 aliphatic carbocycles. The summed E-state index contributed by atoms with van der Waals surface area (Å²) in [4.78, 5) is 4.80. The van der Waals surface area contributed by atoms with E-state index in [9.17, 15) is 0 Å². The molecule has 254 valence electrons. The zero-order chi connectivity index (χ0) is 33.9. The van der Waals surface area contributed by atoms with Crippen molar-refractivity contribution >= 4 is 21.8 Å². The van der Waals surface area contributed by atoms with Gasteiger partial charge in [0.2, 0.25) is 0 Å². The van der Waals surface area contributed by atoms with Crippen LogP contribution in [0.25, 0.3) is 33.3 Å². The third kappa shape index (κ3) is 6.43. The molecule has 3 aromatic heterocycles. The standard InChI is InChI=1S/C43H46N4O.Pt/c1-25(2)32-16-17-44-41(22-32)46-39-13-11-10-12-37(39)38-15-14-35(24-40(38)46)48-36-21-33(26(3)4)20-34(23-36)47-31(9)43(30(8)45-47)42-28(6)18-27(5)19-29(42)7;/h10-18,20-22,25-27,29,42H,19H2,1-9H3;/q-2;+2/t27-,29-,42?;/m0./s1. The Kier molecular flexibility index (Phi) is 9.79. The van der Waals surface area contributed by atoms with Gasteiger partial charge in [-0.05, 0) is 85.7 Å². The molecule has 0 fully saturated rings. The maximum Gasteiger partial charge on any atom is 2.00 e. The fourth-order valence-electron chi connectivity index (χ4n) is 7.90. The van der Waals surface area contributed by atoms with Crippen molar-refractivity contribution in [3.63, 3.8) is 0 Å². The van der Waals surface area contributed by atoms with E-state index in [0.29, 0.717) is 41.1 Å². The topological polar surface area (TPSA) is 44.9 Å². The number of allylic oxidation sites excluding steroid dienone is 2. The van der Waals surface area contributed by atoms with Crippen LogP contribution in [-0.2, 0) is 21.1 Å². The van der Waals surface area contributed by atoms with Gasteiger partial charge in [0.05, 0.1) is 5.69 Å². The molecule has 49 heavy (non-hydrogen) atoms. The van der Waals surface area contributed by atoms with Crippen LogP contribution in [0.15, 0.2) is 78.5 Å². The van der Waals surface area contributed by atoms with E-state index in [1.54, 1.807) is 0 Å². The molecule has 6 aromatic rings. The molecule has 7 rings (SSSR count). The molecule has 6 heteroatoms. The minimum absolute atomic E-state index is 0. The van der Waals surface area contributed by atoms with Crippen LogP contribution in [0.5, 0.6) is 11.5 Å². The molecule has 0 N–H and O–H groups in total. The second kappa shape index (κ2) is 13.8. The number of aryl methyl sites for hydroxylation is 1. The quantitative estimate of drug-likeness (QED) is 0.119. The number of ether oxygens (including phenoxy) is 1. The van der Waals surface area contributed by atoms with Crippen molar-refractivity contribution in [3.8, 4) is 23.0 Å². The number of nitrogens with zero attached hydrogens (tertiary/aromatic N) is 4. The molecule has 0 amide bonds. The number of benzene rings is 3. The summed E-state index contributed by atoms with van der Waals surface area (Å²) in [5, 5.41) is 7.38. The molecule has 0 spiro atoms. The van der Waals surface area contributed by atoms with E-state index in [4.69, 9.17) is 14.8 Å². The van der Waals surface area contributed by atoms with Crippen molar-refractivity contribution in [2.75, 3.05) is 0 Å². The predicted molar refractivity (Wildman–Crippen MR) is 197 cm³/mol. The summed E-state index contributed by atoms with van der Waals surface area (Å²) in [5.74, 6) is 4.42. The van der Waals surface area contributed by atoms with Gasteiger partial charge < -0.3 is 9.30 Å². The van der Waals surface area contributed by atoms with Crippen LogP contribution in [0.2, 0.25) is 0 Å². The first-order valence-electron chi connectivity index (χ1n) is 17.4. The smallest absolute Gasteiger partial charge is 0.509 e. The van der Waals surface area contributed by atoms with Crippen molar-refractivity contribution in [1.82, 2.24) is 19.3 Å².